The molecule has 0 radical (unpaired) electrons. The minimum atomic E-state index is 0.568. The molecule has 0 amide bonds. The molecule has 2 rings (SSSR count). The van der Waals surface area contributed by atoms with E-state index < -0.39 is 0 Å². The molecule has 2 nitrogen and oxygen atoms in total. The highest BCUT2D eigenvalue weighted by Crippen LogP contribution is 2.30. The maximum Gasteiger partial charge on any atom is 0.124 e. The number of ether oxygens (including phenoxy) is 1. The molecule has 1 N–H and O–H groups in total. The van der Waals surface area contributed by atoms with Gasteiger partial charge in [0.1, 0.15) is 5.75 Å². The number of rotatable bonds is 2. The molecule has 1 aromatic carbocycles. The fourth-order valence-electron chi connectivity index (χ4n) is 2.08. The van der Waals surface area contributed by atoms with E-state index in [4.69, 9.17) is 4.74 Å². The molecule has 0 bridgehead atoms. The van der Waals surface area contributed by atoms with Crippen LogP contribution in [0.15, 0.2) is 12.1 Å². The number of hydrogen-bond acceptors (Lipinski definition) is 2. The molecule has 0 aliphatic carbocycles. The van der Waals surface area contributed by atoms with E-state index in [-0.39, 0.29) is 0 Å². The minimum absolute atomic E-state index is 0.568. The van der Waals surface area contributed by atoms with Crippen LogP contribution < -0.4 is 10.1 Å². The molecule has 2 heteroatoms. The van der Waals surface area contributed by atoms with E-state index in [9.17, 15) is 0 Å². The van der Waals surface area contributed by atoms with Crippen LogP contribution in [0.5, 0.6) is 5.75 Å². The fraction of sp³-hybridized carbons (Fsp3) is 0.500. The Kier molecular flexibility index (Phi) is 2.46. The Morgan fingerprint density at radius 1 is 1.29 bits per heavy atom. The van der Waals surface area contributed by atoms with Crippen molar-refractivity contribution in [3.63, 3.8) is 0 Å². The van der Waals surface area contributed by atoms with Crippen LogP contribution in [-0.2, 0) is 0 Å². The standard InChI is InChI=1S/C12H17NO/c1-8-6-10(11-4-5-13-11)7-9(2)12(8)14-3/h6-7,11,13H,4-5H2,1-3H3. The number of methoxy groups -OCH3 is 1. The van der Waals surface area contributed by atoms with Crippen molar-refractivity contribution in [2.45, 2.75) is 26.3 Å². The summed E-state index contributed by atoms with van der Waals surface area (Å²) in [7, 11) is 1.73. The number of aryl methyl sites for hydroxylation is 2. The lowest BCUT2D eigenvalue weighted by Gasteiger charge is -2.29. The molecule has 1 atom stereocenters. The van der Waals surface area contributed by atoms with Gasteiger partial charge in [0.15, 0.2) is 0 Å². The van der Waals surface area contributed by atoms with Crippen LogP contribution in [0.25, 0.3) is 0 Å². The van der Waals surface area contributed by atoms with E-state index in [1.807, 2.05) is 0 Å². The number of benzene rings is 1. The van der Waals surface area contributed by atoms with E-state index in [1.165, 1.54) is 23.1 Å². The molecule has 1 aromatic rings. The molecule has 1 fully saturated rings. The van der Waals surface area contributed by atoms with Crippen molar-refractivity contribution in [2.24, 2.45) is 0 Å². The van der Waals surface area contributed by atoms with Crippen LogP contribution in [0.4, 0.5) is 0 Å². The highest BCUT2D eigenvalue weighted by Gasteiger charge is 2.19. The molecule has 1 heterocycles. The van der Waals surface area contributed by atoms with Gasteiger partial charge in [0.25, 0.3) is 0 Å². The molecule has 1 aliphatic heterocycles. The van der Waals surface area contributed by atoms with Crippen molar-refractivity contribution >= 4 is 0 Å². The first-order valence-electron chi connectivity index (χ1n) is 5.11. The first-order valence-corrected chi connectivity index (χ1v) is 5.11. The minimum Gasteiger partial charge on any atom is -0.496 e. The van der Waals surface area contributed by atoms with Crippen LogP contribution in [0, 0.1) is 13.8 Å². The average Bonchev–Trinajstić information content (AvgIpc) is 2.00. The van der Waals surface area contributed by atoms with Crippen LogP contribution in [0.3, 0.4) is 0 Å². The molecule has 76 valence electrons. The second kappa shape index (κ2) is 3.62. The lowest BCUT2D eigenvalue weighted by molar-refractivity contribution is 0.380. The quantitative estimate of drug-likeness (QED) is 0.774. The summed E-state index contributed by atoms with van der Waals surface area (Å²) >= 11 is 0. The third-order valence-corrected chi connectivity index (χ3v) is 2.91. The Balaban J connectivity index is 2.35. The van der Waals surface area contributed by atoms with Crippen molar-refractivity contribution in [2.75, 3.05) is 13.7 Å². The zero-order valence-corrected chi connectivity index (χ0v) is 9.05. The van der Waals surface area contributed by atoms with E-state index >= 15 is 0 Å². The molecule has 14 heavy (non-hydrogen) atoms. The van der Waals surface area contributed by atoms with Crippen molar-refractivity contribution in [3.8, 4) is 5.75 Å². The van der Waals surface area contributed by atoms with Crippen LogP contribution in [-0.4, -0.2) is 13.7 Å². The van der Waals surface area contributed by atoms with Crippen molar-refractivity contribution in [1.82, 2.24) is 5.32 Å². The fourth-order valence-corrected chi connectivity index (χ4v) is 2.08. The Morgan fingerprint density at radius 2 is 1.86 bits per heavy atom. The normalized spacial score (nSPS) is 20.4. The zero-order valence-electron chi connectivity index (χ0n) is 9.05. The SMILES string of the molecule is COc1c(C)cc(C2CCN2)cc1C. The van der Waals surface area contributed by atoms with Gasteiger partial charge in [-0.3, -0.25) is 0 Å². The Bertz CT molecular complexity index is 319. The third-order valence-electron chi connectivity index (χ3n) is 2.91. The van der Waals surface area contributed by atoms with Crippen molar-refractivity contribution in [1.29, 1.82) is 0 Å². The lowest BCUT2D eigenvalue weighted by atomic mass is 9.94. The van der Waals surface area contributed by atoms with Gasteiger partial charge < -0.3 is 10.1 Å². The van der Waals surface area contributed by atoms with E-state index in [0.29, 0.717) is 6.04 Å². The second-order valence-electron chi connectivity index (χ2n) is 3.98. The highest BCUT2D eigenvalue weighted by molar-refractivity contribution is 5.44. The van der Waals surface area contributed by atoms with Gasteiger partial charge in [0, 0.05) is 6.04 Å². The Hall–Kier alpha value is -1.02. The van der Waals surface area contributed by atoms with Gasteiger partial charge in [-0.2, -0.15) is 0 Å². The summed E-state index contributed by atoms with van der Waals surface area (Å²) in [4.78, 5) is 0. The summed E-state index contributed by atoms with van der Waals surface area (Å²) in [6, 6.07) is 5.02. The Morgan fingerprint density at radius 3 is 2.21 bits per heavy atom. The van der Waals surface area contributed by atoms with Gasteiger partial charge in [-0.1, -0.05) is 12.1 Å². The van der Waals surface area contributed by atoms with Crippen LogP contribution in [0.1, 0.15) is 29.2 Å². The largest absolute Gasteiger partial charge is 0.496 e. The van der Waals surface area contributed by atoms with Crippen molar-refractivity contribution in [3.05, 3.63) is 28.8 Å². The molecule has 0 aromatic heterocycles. The summed E-state index contributed by atoms with van der Waals surface area (Å²) in [5.41, 5.74) is 3.86. The van der Waals surface area contributed by atoms with Crippen molar-refractivity contribution < 1.29 is 4.74 Å². The Labute approximate surface area is 85.3 Å². The van der Waals surface area contributed by atoms with Gasteiger partial charge in [-0.15, -0.1) is 0 Å². The van der Waals surface area contributed by atoms with Gasteiger partial charge >= 0.3 is 0 Å². The summed E-state index contributed by atoms with van der Waals surface area (Å²) in [6.45, 7) is 5.36. The van der Waals surface area contributed by atoms with Crippen LogP contribution in [0.2, 0.25) is 0 Å². The molecular weight excluding hydrogens is 174 g/mol. The predicted molar refractivity (Wildman–Crippen MR) is 57.8 cm³/mol. The maximum atomic E-state index is 5.34. The summed E-state index contributed by atoms with van der Waals surface area (Å²) in [6.07, 6.45) is 1.26. The van der Waals surface area contributed by atoms with E-state index in [1.54, 1.807) is 7.11 Å². The first-order chi connectivity index (χ1) is 6.72. The number of hydrogen-bond donors (Lipinski definition) is 1. The number of nitrogens with one attached hydrogen (secondary N) is 1. The molecular formula is C12H17NO. The van der Waals surface area contributed by atoms with E-state index in [0.717, 1.165) is 12.3 Å². The summed E-state index contributed by atoms with van der Waals surface area (Å²) in [5.74, 6) is 1.02. The topological polar surface area (TPSA) is 21.3 Å². The zero-order chi connectivity index (χ0) is 10.1. The lowest BCUT2D eigenvalue weighted by Crippen LogP contribution is -2.35. The molecule has 1 saturated heterocycles. The average molecular weight is 191 g/mol. The highest BCUT2D eigenvalue weighted by atomic mass is 16.5. The molecule has 0 saturated carbocycles. The third kappa shape index (κ3) is 1.50. The van der Waals surface area contributed by atoms with Gasteiger partial charge in [0.2, 0.25) is 0 Å². The first kappa shape index (κ1) is 9.53. The van der Waals surface area contributed by atoms with Gasteiger partial charge in [-0.25, -0.2) is 0 Å². The summed E-state index contributed by atoms with van der Waals surface area (Å²) in [5, 5.41) is 3.41. The van der Waals surface area contributed by atoms with Gasteiger partial charge in [-0.05, 0) is 43.5 Å². The summed E-state index contributed by atoms with van der Waals surface area (Å²) < 4.78 is 5.34. The maximum absolute atomic E-state index is 5.34. The van der Waals surface area contributed by atoms with E-state index in [2.05, 4.69) is 31.3 Å². The second-order valence-corrected chi connectivity index (χ2v) is 3.98. The monoisotopic (exact) mass is 191 g/mol. The smallest absolute Gasteiger partial charge is 0.124 e. The molecule has 0 spiro atoms. The predicted octanol–water partition coefficient (Wildman–Crippen LogP) is 2.35. The molecule has 1 aliphatic rings. The molecule has 1 unspecified atom stereocenters. The van der Waals surface area contributed by atoms with Crippen LogP contribution >= 0.6 is 0 Å². The van der Waals surface area contributed by atoms with Gasteiger partial charge in [0.05, 0.1) is 7.11 Å².